The number of nitriles is 1. The van der Waals surface area contributed by atoms with Gasteiger partial charge in [0.25, 0.3) is 0 Å². The van der Waals surface area contributed by atoms with Gasteiger partial charge in [-0.05, 0) is 29.8 Å². The van der Waals surface area contributed by atoms with Gasteiger partial charge in [0.2, 0.25) is 0 Å². The summed E-state index contributed by atoms with van der Waals surface area (Å²) in [6, 6.07) is 16.2. The van der Waals surface area contributed by atoms with Crippen LogP contribution in [0.3, 0.4) is 0 Å². The van der Waals surface area contributed by atoms with Crippen molar-refractivity contribution in [2.24, 2.45) is 0 Å². The van der Waals surface area contributed by atoms with Crippen LogP contribution in [0.1, 0.15) is 17.2 Å². The molecule has 6 heteroatoms. The van der Waals surface area contributed by atoms with E-state index in [0.29, 0.717) is 23.4 Å². The third-order valence-corrected chi connectivity index (χ3v) is 4.47. The average molecular weight is 348 g/mol. The van der Waals surface area contributed by atoms with Crippen LogP contribution in [0.2, 0.25) is 0 Å². The van der Waals surface area contributed by atoms with Crippen molar-refractivity contribution in [3.63, 3.8) is 0 Å². The molecular formula is C20H17FN4O. The van der Waals surface area contributed by atoms with Crippen LogP contribution < -0.4 is 5.32 Å². The fourth-order valence-corrected chi connectivity index (χ4v) is 3.06. The molecule has 2 heterocycles. The molecule has 1 fully saturated rings. The van der Waals surface area contributed by atoms with Crippen LogP contribution in [0.4, 0.5) is 4.39 Å². The molecule has 3 aromatic rings. The van der Waals surface area contributed by atoms with Crippen molar-refractivity contribution in [3.8, 4) is 28.6 Å². The van der Waals surface area contributed by atoms with Crippen LogP contribution >= 0.6 is 0 Å². The summed E-state index contributed by atoms with van der Waals surface area (Å²) in [6.45, 7) is 2.41. The molecule has 26 heavy (non-hydrogen) atoms. The van der Waals surface area contributed by atoms with Crippen molar-refractivity contribution in [1.29, 1.82) is 5.26 Å². The van der Waals surface area contributed by atoms with E-state index in [1.54, 1.807) is 18.2 Å². The highest BCUT2D eigenvalue weighted by molar-refractivity contribution is 5.69. The summed E-state index contributed by atoms with van der Waals surface area (Å²) in [7, 11) is 0. The van der Waals surface area contributed by atoms with E-state index in [1.807, 2.05) is 30.3 Å². The number of aromatic amines is 1. The van der Waals surface area contributed by atoms with Crippen LogP contribution in [-0.4, -0.2) is 29.9 Å². The largest absolute Gasteiger partial charge is 0.371 e. The summed E-state index contributed by atoms with van der Waals surface area (Å²) >= 11 is 0. The molecule has 1 saturated heterocycles. The minimum atomic E-state index is -0.448. The van der Waals surface area contributed by atoms with Crippen LogP contribution in [-0.2, 0) is 4.74 Å². The van der Waals surface area contributed by atoms with Crippen molar-refractivity contribution in [1.82, 2.24) is 15.5 Å². The Morgan fingerprint density at radius 1 is 1.15 bits per heavy atom. The van der Waals surface area contributed by atoms with E-state index in [9.17, 15) is 4.39 Å². The molecule has 1 unspecified atom stereocenters. The average Bonchev–Trinajstić information content (AvgIpc) is 3.18. The Bertz CT molecular complexity index is 953. The second-order valence-electron chi connectivity index (χ2n) is 6.16. The molecule has 1 aromatic heterocycles. The van der Waals surface area contributed by atoms with E-state index >= 15 is 0 Å². The van der Waals surface area contributed by atoms with Gasteiger partial charge < -0.3 is 10.1 Å². The van der Waals surface area contributed by atoms with Crippen molar-refractivity contribution in [2.45, 2.75) is 6.10 Å². The molecule has 2 N–H and O–H groups in total. The first kappa shape index (κ1) is 16.5. The molecule has 0 radical (unpaired) electrons. The Balaban J connectivity index is 1.57. The van der Waals surface area contributed by atoms with Crippen molar-refractivity contribution < 1.29 is 9.13 Å². The highest BCUT2D eigenvalue weighted by Gasteiger charge is 2.16. The van der Waals surface area contributed by atoms with E-state index in [4.69, 9.17) is 10.00 Å². The normalized spacial score (nSPS) is 17.0. The molecule has 1 atom stereocenters. The number of morpholine rings is 1. The molecule has 0 aliphatic carbocycles. The van der Waals surface area contributed by atoms with Gasteiger partial charge in [0.1, 0.15) is 5.82 Å². The minimum Gasteiger partial charge on any atom is -0.371 e. The zero-order valence-corrected chi connectivity index (χ0v) is 14.0. The number of hydrogen-bond donors (Lipinski definition) is 2. The second-order valence-corrected chi connectivity index (χ2v) is 6.16. The first-order valence-electron chi connectivity index (χ1n) is 8.42. The molecule has 1 aliphatic heterocycles. The molecule has 2 aromatic carbocycles. The second kappa shape index (κ2) is 7.08. The Morgan fingerprint density at radius 2 is 2.00 bits per heavy atom. The zero-order chi connectivity index (χ0) is 17.9. The number of ether oxygens (including phenoxy) is 1. The smallest absolute Gasteiger partial charge is 0.133 e. The number of hydrogen-bond acceptors (Lipinski definition) is 4. The molecule has 4 rings (SSSR count). The number of H-pyrrole nitrogens is 1. The number of nitrogens with zero attached hydrogens (tertiary/aromatic N) is 2. The van der Waals surface area contributed by atoms with E-state index < -0.39 is 5.82 Å². The van der Waals surface area contributed by atoms with Gasteiger partial charge in [-0.25, -0.2) is 4.39 Å². The summed E-state index contributed by atoms with van der Waals surface area (Å²) in [4.78, 5) is 0. The van der Waals surface area contributed by atoms with Gasteiger partial charge in [0.05, 0.1) is 35.7 Å². The topological polar surface area (TPSA) is 73.7 Å². The summed E-state index contributed by atoms with van der Waals surface area (Å²) in [5, 5.41) is 19.3. The van der Waals surface area contributed by atoms with Crippen molar-refractivity contribution in [3.05, 3.63) is 65.5 Å². The van der Waals surface area contributed by atoms with Crippen molar-refractivity contribution in [2.75, 3.05) is 19.7 Å². The fraction of sp³-hybridized carbons (Fsp3) is 0.200. The van der Waals surface area contributed by atoms with E-state index in [0.717, 1.165) is 29.9 Å². The van der Waals surface area contributed by atoms with E-state index in [-0.39, 0.29) is 6.10 Å². The maximum Gasteiger partial charge on any atom is 0.133 e. The van der Waals surface area contributed by atoms with Gasteiger partial charge in [0, 0.05) is 24.2 Å². The Morgan fingerprint density at radius 3 is 2.69 bits per heavy atom. The van der Waals surface area contributed by atoms with Crippen LogP contribution in [0, 0.1) is 17.1 Å². The van der Waals surface area contributed by atoms with Crippen LogP contribution in [0.5, 0.6) is 0 Å². The lowest BCUT2D eigenvalue weighted by Gasteiger charge is -2.24. The third kappa shape index (κ3) is 3.23. The standard InChI is InChI=1S/C20H17FN4O/c21-17-9-13(11-22)1-6-16(17)19-10-18(24-25-19)14-2-4-15(5-3-14)20-12-23-7-8-26-20/h1-6,9-10,20,23H,7-8,12H2,(H,24,25). The Hall–Kier alpha value is -3.01. The number of benzene rings is 2. The van der Waals surface area contributed by atoms with Gasteiger partial charge in [0.15, 0.2) is 0 Å². The summed E-state index contributed by atoms with van der Waals surface area (Å²) in [5.41, 5.74) is 4.05. The lowest BCUT2D eigenvalue weighted by atomic mass is 10.0. The van der Waals surface area contributed by atoms with Gasteiger partial charge in [-0.15, -0.1) is 0 Å². The van der Waals surface area contributed by atoms with E-state index in [2.05, 4.69) is 15.5 Å². The quantitative estimate of drug-likeness (QED) is 0.761. The maximum atomic E-state index is 14.2. The summed E-state index contributed by atoms with van der Waals surface area (Å²) < 4.78 is 19.9. The molecule has 0 bridgehead atoms. The third-order valence-electron chi connectivity index (χ3n) is 4.47. The molecule has 5 nitrogen and oxygen atoms in total. The number of nitrogens with one attached hydrogen (secondary N) is 2. The monoisotopic (exact) mass is 348 g/mol. The summed E-state index contributed by atoms with van der Waals surface area (Å²) in [6.07, 6.45) is 0.0697. The van der Waals surface area contributed by atoms with Crippen molar-refractivity contribution >= 4 is 0 Å². The Labute approximate surface area is 150 Å². The molecule has 1 aliphatic rings. The predicted octanol–water partition coefficient (Wildman–Crippen LogP) is 3.42. The van der Waals surface area contributed by atoms with Crippen LogP contribution in [0.15, 0.2) is 48.5 Å². The molecule has 130 valence electrons. The fourth-order valence-electron chi connectivity index (χ4n) is 3.06. The summed E-state index contributed by atoms with van der Waals surface area (Å²) in [5.74, 6) is -0.448. The lowest BCUT2D eigenvalue weighted by Crippen LogP contribution is -2.33. The number of aromatic nitrogens is 2. The SMILES string of the molecule is N#Cc1ccc(-c2cc(-c3ccc(C4CNCCO4)cc3)n[nH]2)c(F)c1. The highest BCUT2D eigenvalue weighted by Crippen LogP contribution is 2.28. The van der Waals surface area contributed by atoms with Gasteiger partial charge in [-0.2, -0.15) is 10.4 Å². The maximum absolute atomic E-state index is 14.2. The zero-order valence-electron chi connectivity index (χ0n) is 14.0. The van der Waals surface area contributed by atoms with Gasteiger partial charge >= 0.3 is 0 Å². The first-order chi connectivity index (χ1) is 12.7. The van der Waals surface area contributed by atoms with Gasteiger partial charge in [-0.3, -0.25) is 5.10 Å². The lowest BCUT2D eigenvalue weighted by molar-refractivity contribution is 0.0277. The van der Waals surface area contributed by atoms with E-state index in [1.165, 1.54) is 6.07 Å². The van der Waals surface area contributed by atoms with Crippen LogP contribution in [0.25, 0.3) is 22.5 Å². The van der Waals surface area contributed by atoms with Gasteiger partial charge in [-0.1, -0.05) is 24.3 Å². The minimum absolute atomic E-state index is 0.0697. The predicted molar refractivity (Wildman–Crippen MR) is 95.7 cm³/mol. The molecule has 0 amide bonds. The highest BCUT2D eigenvalue weighted by atomic mass is 19.1. The number of halogens is 1. The number of rotatable bonds is 3. The molecule has 0 spiro atoms. The first-order valence-corrected chi connectivity index (χ1v) is 8.42. The molecule has 0 saturated carbocycles. The Kier molecular flexibility index (Phi) is 4.48. The molecular weight excluding hydrogens is 331 g/mol.